The predicted molar refractivity (Wildman–Crippen MR) is 237 cm³/mol. The van der Waals surface area contributed by atoms with Gasteiger partial charge in [-0.15, -0.1) is 0 Å². The van der Waals surface area contributed by atoms with E-state index in [0.29, 0.717) is 77.9 Å². The Bertz CT molecular complexity index is 2510. The van der Waals surface area contributed by atoms with Crippen molar-refractivity contribution in [1.82, 2.24) is 15.5 Å². The quantitative estimate of drug-likeness (QED) is 0.114. The van der Waals surface area contributed by atoms with Crippen molar-refractivity contribution in [2.24, 2.45) is 0 Å². The molecule has 5 N–H and O–H groups in total. The SMILES string of the molecule is CN(C)CC1(O)c2cc(F)ccc2COc2ccccc21.CNCC1(O)c2cc(Cl)ccc2COc2ccccc21.CNCC1(O)c2ccc(Cl)cc2COc2ccccc21. The number of rotatable bonds is 6. The summed E-state index contributed by atoms with van der Waals surface area (Å²) in [6.07, 6.45) is 0. The second kappa shape index (κ2) is 18.5. The van der Waals surface area contributed by atoms with Crippen LogP contribution in [0.25, 0.3) is 0 Å². The number of hydrogen-bond donors (Lipinski definition) is 5. The molecule has 0 fully saturated rings. The monoisotopic (exact) mass is 865 g/mol. The Labute approximate surface area is 366 Å². The molecule has 0 radical (unpaired) electrons. The second-order valence-corrected chi connectivity index (χ2v) is 16.5. The molecule has 3 aliphatic rings. The molecule has 0 aliphatic carbocycles. The summed E-state index contributed by atoms with van der Waals surface area (Å²) in [6, 6.07) is 38.1. The molecule has 0 bridgehead atoms. The van der Waals surface area contributed by atoms with Crippen LogP contribution in [-0.4, -0.2) is 68.0 Å². The summed E-state index contributed by atoms with van der Waals surface area (Å²) in [6.45, 7) is 2.30. The summed E-state index contributed by atoms with van der Waals surface area (Å²) < 4.78 is 31.2. The lowest BCUT2D eigenvalue weighted by molar-refractivity contribution is 0.0505. The Balaban J connectivity index is 0.000000138. The highest BCUT2D eigenvalue weighted by Crippen LogP contribution is 2.43. The van der Waals surface area contributed by atoms with Gasteiger partial charge in [0.2, 0.25) is 0 Å². The zero-order valence-corrected chi connectivity index (χ0v) is 36.0. The molecule has 3 heterocycles. The van der Waals surface area contributed by atoms with Crippen LogP contribution in [0.3, 0.4) is 0 Å². The Morgan fingerprint density at radius 3 is 1.48 bits per heavy atom. The topological polar surface area (TPSA) is 116 Å². The summed E-state index contributed by atoms with van der Waals surface area (Å²) in [5, 5.41) is 41.3. The van der Waals surface area contributed by atoms with Crippen LogP contribution >= 0.6 is 23.2 Å². The fraction of sp³-hybridized carbons (Fsp3) is 0.265. The summed E-state index contributed by atoms with van der Waals surface area (Å²) in [7, 11) is 7.40. The Hall–Kier alpha value is -5.01. The van der Waals surface area contributed by atoms with Gasteiger partial charge in [-0.2, -0.15) is 0 Å². The lowest BCUT2D eigenvalue weighted by Crippen LogP contribution is -2.39. The molecular formula is C49H50Cl2FN3O6. The van der Waals surface area contributed by atoms with Gasteiger partial charge in [-0.1, -0.05) is 96.0 Å². The summed E-state index contributed by atoms with van der Waals surface area (Å²) >= 11 is 12.2. The van der Waals surface area contributed by atoms with E-state index in [-0.39, 0.29) is 5.82 Å². The van der Waals surface area contributed by atoms with E-state index in [1.165, 1.54) is 12.1 Å². The van der Waals surface area contributed by atoms with Gasteiger partial charge < -0.3 is 45.1 Å². The first-order chi connectivity index (χ1) is 29.3. The molecule has 318 valence electrons. The molecule has 0 amide bonds. The molecule has 3 atom stereocenters. The van der Waals surface area contributed by atoms with Gasteiger partial charge in [0.25, 0.3) is 0 Å². The third-order valence-corrected chi connectivity index (χ3v) is 11.6. The van der Waals surface area contributed by atoms with Gasteiger partial charge in [0.05, 0.1) is 0 Å². The number of nitrogens with zero attached hydrogens (tertiary/aromatic N) is 1. The van der Waals surface area contributed by atoms with Crippen molar-refractivity contribution in [2.75, 3.05) is 47.8 Å². The van der Waals surface area contributed by atoms with Crippen LogP contribution in [0.4, 0.5) is 4.39 Å². The van der Waals surface area contributed by atoms with Gasteiger partial charge >= 0.3 is 0 Å². The average molecular weight is 867 g/mol. The smallest absolute Gasteiger partial charge is 0.131 e. The Kier molecular flexibility index (Phi) is 13.4. The van der Waals surface area contributed by atoms with E-state index in [2.05, 4.69) is 10.6 Å². The number of ether oxygens (including phenoxy) is 3. The number of para-hydroxylation sites is 3. The lowest BCUT2D eigenvalue weighted by Gasteiger charge is -2.32. The van der Waals surface area contributed by atoms with E-state index < -0.39 is 16.8 Å². The first-order valence-corrected chi connectivity index (χ1v) is 20.7. The Morgan fingerprint density at radius 2 is 0.951 bits per heavy atom. The Morgan fingerprint density at radius 1 is 0.525 bits per heavy atom. The van der Waals surface area contributed by atoms with E-state index in [1.807, 2.05) is 136 Å². The summed E-state index contributed by atoms with van der Waals surface area (Å²) in [5.41, 5.74) is 3.49. The third-order valence-electron chi connectivity index (χ3n) is 11.1. The normalized spacial score (nSPS) is 20.5. The van der Waals surface area contributed by atoms with Crippen molar-refractivity contribution in [1.29, 1.82) is 0 Å². The van der Waals surface area contributed by atoms with Crippen LogP contribution in [0.2, 0.25) is 10.0 Å². The van der Waals surface area contributed by atoms with Gasteiger partial charge in [0, 0.05) is 46.4 Å². The van der Waals surface area contributed by atoms with Crippen LogP contribution in [0.15, 0.2) is 127 Å². The van der Waals surface area contributed by atoms with Crippen LogP contribution in [0.5, 0.6) is 17.2 Å². The maximum absolute atomic E-state index is 13.7. The number of aliphatic hydroxyl groups is 3. The van der Waals surface area contributed by atoms with Crippen LogP contribution in [0, 0.1) is 5.82 Å². The van der Waals surface area contributed by atoms with E-state index in [4.69, 9.17) is 37.4 Å². The highest BCUT2D eigenvalue weighted by Gasteiger charge is 2.40. The highest BCUT2D eigenvalue weighted by atomic mass is 35.5. The van der Waals surface area contributed by atoms with E-state index in [0.717, 1.165) is 38.9 Å². The molecule has 3 unspecified atom stereocenters. The molecular weight excluding hydrogens is 816 g/mol. The molecule has 6 aromatic carbocycles. The van der Waals surface area contributed by atoms with Gasteiger partial charge in [0.1, 0.15) is 59.7 Å². The van der Waals surface area contributed by atoms with Gasteiger partial charge in [-0.25, -0.2) is 4.39 Å². The van der Waals surface area contributed by atoms with Crippen molar-refractivity contribution >= 4 is 23.2 Å². The molecule has 0 aromatic heterocycles. The molecule has 0 saturated heterocycles. The number of hydrogen-bond acceptors (Lipinski definition) is 9. The summed E-state index contributed by atoms with van der Waals surface area (Å²) in [5.74, 6) is 1.69. The molecule has 61 heavy (non-hydrogen) atoms. The molecule has 0 saturated carbocycles. The van der Waals surface area contributed by atoms with Gasteiger partial charge in [-0.05, 0) is 116 Å². The van der Waals surface area contributed by atoms with Crippen LogP contribution in [-0.2, 0) is 36.6 Å². The van der Waals surface area contributed by atoms with E-state index in [1.54, 1.807) is 12.1 Å². The van der Waals surface area contributed by atoms with E-state index >= 15 is 0 Å². The van der Waals surface area contributed by atoms with Crippen LogP contribution < -0.4 is 24.8 Å². The van der Waals surface area contributed by atoms with Crippen molar-refractivity contribution < 1.29 is 33.9 Å². The maximum atomic E-state index is 13.7. The van der Waals surface area contributed by atoms with Crippen LogP contribution in [0.1, 0.15) is 50.1 Å². The number of benzene rings is 6. The molecule has 0 spiro atoms. The zero-order valence-electron chi connectivity index (χ0n) is 34.5. The molecule has 3 aliphatic heterocycles. The molecule has 9 rings (SSSR count). The van der Waals surface area contributed by atoms with Crippen molar-refractivity contribution in [3.8, 4) is 17.2 Å². The zero-order chi connectivity index (χ0) is 43.4. The number of fused-ring (bicyclic) bond motifs is 6. The van der Waals surface area contributed by atoms with Crippen molar-refractivity contribution in [2.45, 2.75) is 36.6 Å². The van der Waals surface area contributed by atoms with Crippen molar-refractivity contribution in [3.63, 3.8) is 0 Å². The van der Waals surface area contributed by atoms with Gasteiger partial charge in [0.15, 0.2) is 0 Å². The minimum atomic E-state index is -1.30. The molecule has 12 heteroatoms. The standard InChI is InChI=1S/C17H18FNO2.2C16H16ClNO2/c1-19(2)11-17(20)14-5-3-4-6-16(14)21-10-12-7-8-13(18)9-15(12)17;1-18-10-16(19)13-7-6-12(17)8-11(13)9-20-15-5-3-2-4-14(15)16;1-18-10-16(19)13-4-2-3-5-15(13)20-9-11-6-7-12(17)8-14(11)16/h3-9,20H,10-11H2,1-2H3;2*2-8,18-19H,9-10H2,1H3. The lowest BCUT2D eigenvalue weighted by atomic mass is 9.83. The number of likely N-dealkylation sites (N-methyl/N-ethyl adjacent to an activating group) is 3. The maximum Gasteiger partial charge on any atom is 0.131 e. The molecule has 9 nitrogen and oxygen atoms in total. The van der Waals surface area contributed by atoms with E-state index in [9.17, 15) is 19.7 Å². The minimum Gasteiger partial charge on any atom is -0.488 e. The third kappa shape index (κ3) is 9.00. The van der Waals surface area contributed by atoms with Gasteiger partial charge in [-0.3, -0.25) is 0 Å². The highest BCUT2D eigenvalue weighted by molar-refractivity contribution is 6.31. The number of nitrogens with one attached hydrogen (secondary N) is 2. The summed E-state index contributed by atoms with van der Waals surface area (Å²) in [4.78, 5) is 1.89. The first-order valence-electron chi connectivity index (χ1n) is 20.0. The fourth-order valence-electron chi connectivity index (χ4n) is 8.43. The largest absolute Gasteiger partial charge is 0.488 e. The fourth-order valence-corrected chi connectivity index (χ4v) is 8.80. The second-order valence-electron chi connectivity index (χ2n) is 15.6. The minimum absolute atomic E-state index is 0.322. The van der Waals surface area contributed by atoms with Crippen molar-refractivity contribution in [3.05, 3.63) is 193 Å². The molecule has 6 aromatic rings. The first kappa shape index (κ1) is 44.1. The average Bonchev–Trinajstić information content (AvgIpc) is 3.51. The number of halogens is 3. The predicted octanol–water partition coefficient (Wildman–Crippen LogP) is 7.89.